The van der Waals surface area contributed by atoms with Crippen LogP contribution >= 0.6 is 11.3 Å². The molecule has 63 heavy (non-hydrogen) atoms. The number of hydrogen-bond acceptors (Lipinski definition) is 5. The van der Waals surface area contributed by atoms with Crippen LogP contribution in [-0.4, -0.2) is 19.5 Å². The van der Waals surface area contributed by atoms with Crippen molar-refractivity contribution in [1.82, 2.24) is 19.5 Å². The number of fused-ring (bicyclic) bond motifs is 9. The Hall–Kier alpha value is -8.19. The standard InChI is InChI=1S/C57H34N4OS/c1-2-14-35(15-3-1)36-28-30-37(31-29-36)55-58-56(60-57(59-55)44-21-13-27-52-54(44)43-19-7-11-26-51(43)63-52)38-32-33-49-45(34-38)53-42(20-12-25-50(53)62-49)41-18-6-10-24-48(41)61-46-22-8-4-16-39(46)40-17-5-9-23-47(40)61/h1-34H. The van der Waals surface area contributed by atoms with E-state index in [1.54, 1.807) is 11.3 Å². The van der Waals surface area contributed by atoms with Crippen LogP contribution in [0.1, 0.15) is 0 Å². The molecule has 0 N–H and O–H groups in total. The zero-order valence-corrected chi connectivity index (χ0v) is 34.6. The highest BCUT2D eigenvalue weighted by Gasteiger charge is 2.21. The fourth-order valence-corrected chi connectivity index (χ4v) is 10.6. The average molecular weight is 823 g/mol. The summed E-state index contributed by atoms with van der Waals surface area (Å²) in [5.74, 6) is 1.84. The van der Waals surface area contributed by atoms with Crippen molar-refractivity contribution in [2.45, 2.75) is 0 Å². The third kappa shape index (κ3) is 5.73. The van der Waals surface area contributed by atoms with E-state index in [2.05, 4.69) is 205 Å². The topological polar surface area (TPSA) is 56.7 Å². The molecule has 0 aliphatic heterocycles. The molecule has 9 aromatic carbocycles. The summed E-state index contributed by atoms with van der Waals surface area (Å²) >= 11 is 1.79. The van der Waals surface area contributed by atoms with Gasteiger partial charge < -0.3 is 8.98 Å². The van der Waals surface area contributed by atoms with Gasteiger partial charge in [0, 0.05) is 64.0 Å². The van der Waals surface area contributed by atoms with Crippen LogP contribution in [0, 0.1) is 0 Å². The molecule has 0 bridgehead atoms. The minimum absolute atomic E-state index is 0.595. The normalized spacial score (nSPS) is 11.8. The molecule has 0 saturated heterocycles. The highest BCUT2D eigenvalue weighted by atomic mass is 32.1. The van der Waals surface area contributed by atoms with Crippen molar-refractivity contribution in [3.05, 3.63) is 206 Å². The van der Waals surface area contributed by atoms with E-state index in [9.17, 15) is 0 Å². The molecule has 13 rings (SSSR count). The van der Waals surface area contributed by atoms with Crippen molar-refractivity contribution in [3.63, 3.8) is 0 Å². The molecule has 13 aromatic rings. The maximum atomic E-state index is 6.63. The molecule has 0 unspecified atom stereocenters. The van der Waals surface area contributed by atoms with Gasteiger partial charge in [0.25, 0.3) is 0 Å². The summed E-state index contributed by atoms with van der Waals surface area (Å²) in [4.78, 5) is 15.8. The van der Waals surface area contributed by atoms with Gasteiger partial charge in [-0.25, -0.2) is 15.0 Å². The molecular weight excluding hydrogens is 789 g/mol. The van der Waals surface area contributed by atoms with Crippen molar-refractivity contribution < 1.29 is 4.42 Å². The van der Waals surface area contributed by atoms with Gasteiger partial charge in [-0.3, -0.25) is 0 Å². The smallest absolute Gasteiger partial charge is 0.164 e. The first-order chi connectivity index (χ1) is 31.2. The molecule has 0 saturated carbocycles. The van der Waals surface area contributed by atoms with Crippen LogP contribution < -0.4 is 0 Å². The number of benzene rings is 9. The maximum Gasteiger partial charge on any atom is 0.164 e. The van der Waals surface area contributed by atoms with E-state index in [0.717, 1.165) is 72.0 Å². The Morgan fingerprint density at radius 1 is 0.349 bits per heavy atom. The second-order valence-corrected chi connectivity index (χ2v) is 17.0. The van der Waals surface area contributed by atoms with Crippen LogP contribution in [0.4, 0.5) is 0 Å². The first-order valence-corrected chi connectivity index (χ1v) is 21.9. The van der Waals surface area contributed by atoms with Crippen LogP contribution in [0.3, 0.4) is 0 Å². The molecule has 0 amide bonds. The summed E-state index contributed by atoms with van der Waals surface area (Å²) in [7, 11) is 0. The van der Waals surface area contributed by atoms with Gasteiger partial charge >= 0.3 is 0 Å². The maximum absolute atomic E-state index is 6.63. The van der Waals surface area contributed by atoms with E-state index < -0.39 is 0 Å². The molecular formula is C57H34N4OS. The van der Waals surface area contributed by atoms with Gasteiger partial charge in [0.15, 0.2) is 17.5 Å². The van der Waals surface area contributed by atoms with E-state index in [1.165, 1.54) is 36.6 Å². The van der Waals surface area contributed by atoms with Crippen molar-refractivity contribution in [1.29, 1.82) is 0 Å². The predicted molar refractivity (Wildman–Crippen MR) is 262 cm³/mol. The third-order valence-electron chi connectivity index (χ3n) is 12.3. The summed E-state index contributed by atoms with van der Waals surface area (Å²) in [6, 6.07) is 72.6. The Morgan fingerprint density at radius 2 is 0.921 bits per heavy atom. The van der Waals surface area contributed by atoms with Gasteiger partial charge in [-0.1, -0.05) is 152 Å². The Labute approximate surface area is 365 Å². The lowest BCUT2D eigenvalue weighted by atomic mass is 9.97. The number of furan rings is 1. The molecule has 0 spiro atoms. The van der Waals surface area contributed by atoms with Gasteiger partial charge in [0.1, 0.15) is 11.2 Å². The summed E-state index contributed by atoms with van der Waals surface area (Å²) in [6.45, 7) is 0. The fraction of sp³-hybridized carbons (Fsp3) is 0. The Balaban J connectivity index is 1.01. The van der Waals surface area contributed by atoms with Crippen LogP contribution in [0.15, 0.2) is 211 Å². The molecule has 5 nitrogen and oxygen atoms in total. The van der Waals surface area contributed by atoms with Crippen molar-refractivity contribution in [2.24, 2.45) is 0 Å². The van der Waals surface area contributed by atoms with E-state index in [-0.39, 0.29) is 0 Å². The SMILES string of the molecule is c1ccc(-c2ccc(-c3nc(-c4ccc5oc6cccc(-c7ccccc7-n7c8ccccc8c8ccccc87)c6c5c4)nc(-c4cccc5sc6ccccc6c45)n3)cc2)cc1. The molecule has 4 heterocycles. The highest BCUT2D eigenvalue weighted by Crippen LogP contribution is 2.43. The quantitative estimate of drug-likeness (QED) is 0.168. The second kappa shape index (κ2) is 14.2. The summed E-state index contributed by atoms with van der Waals surface area (Å²) in [6.07, 6.45) is 0. The molecule has 0 atom stereocenters. The third-order valence-corrected chi connectivity index (χ3v) is 13.4. The van der Waals surface area contributed by atoms with E-state index >= 15 is 0 Å². The number of rotatable bonds is 6. The van der Waals surface area contributed by atoms with Gasteiger partial charge in [0.05, 0.1) is 16.7 Å². The van der Waals surface area contributed by atoms with E-state index in [4.69, 9.17) is 19.4 Å². The Kier molecular flexibility index (Phi) is 8.01. The summed E-state index contributed by atoms with van der Waals surface area (Å²) in [5, 5.41) is 6.85. The van der Waals surface area contributed by atoms with Crippen LogP contribution in [0.25, 0.3) is 126 Å². The molecule has 294 valence electrons. The van der Waals surface area contributed by atoms with Crippen LogP contribution in [0.5, 0.6) is 0 Å². The number of nitrogens with zero attached hydrogens (tertiary/aromatic N) is 4. The lowest BCUT2D eigenvalue weighted by Gasteiger charge is -2.15. The van der Waals surface area contributed by atoms with Gasteiger partial charge in [0.2, 0.25) is 0 Å². The average Bonchev–Trinajstić information content (AvgIpc) is 4.04. The summed E-state index contributed by atoms with van der Waals surface area (Å²) < 4.78 is 11.5. The Bertz CT molecular complexity index is 3860. The number of aromatic nitrogens is 4. The van der Waals surface area contributed by atoms with Crippen LogP contribution in [-0.2, 0) is 0 Å². The zero-order valence-electron chi connectivity index (χ0n) is 33.7. The van der Waals surface area contributed by atoms with Crippen molar-refractivity contribution in [2.75, 3.05) is 0 Å². The minimum Gasteiger partial charge on any atom is -0.456 e. The zero-order chi connectivity index (χ0) is 41.4. The molecule has 4 aromatic heterocycles. The fourth-order valence-electron chi connectivity index (χ4n) is 9.43. The largest absolute Gasteiger partial charge is 0.456 e. The van der Waals surface area contributed by atoms with E-state index in [1.807, 2.05) is 6.07 Å². The molecule has 0 aliphatic carbocycles. The van der Waals surface area contributed by atoms with Gasteiger partial charge in [-0.15, -0.1) is 11.3 Å². The van der Waals surface area contributed by atoms with Gasteiger partial charge in [-0.2, -0.15) is 0 Å². The molecule has 0 fully saturated rings. The molecule has 0 aliphatic rings. The lowest BCUT2D eigenvalue weighted by Crippen LogP contribution is -2.00. The van der Waals surface area contributed by atoms with Crippen molar-refractivity contribution >= 4 is 75.3 Å². The number of hydrogen-bond donors (Lipinski definition) is 0. The van der Waals surface area contributed by atoms with Crippen molar-refractivity contribution in [3.8, 4) is 62.1 Å². The highest BCUT2D eigenvalue weighted by molar-refractivity contribution is 7.25. The van der Waals surface area contributed by atoms with Crippen LogP contribution in [0.2, 0.25) is 0 Å². The van der Waals surface area contributed by atoms with E-state index in [0.29, 0.717) is 17.5 Å². The lowest BCUT2D eigenvalue weighted by molar-refractivity contribution is 0.669. The number of thiophene rings is 1. The second-order valence-electron chi connectivity index (χ2n) is 15.9. The Morgan fingerprint density at radius 3 is 1.73 bits per heavy atom. The monoisotopic (exact) mass is 822 g/mol. The first-order valence-electron chi connectivity index (χ1n) is 21.1. The predicted octanol–water partition coefficient (Wildman–Crippen LogP) is 15.6. The molecule has 0 radical (unpaired) electrons. The molecule has 6 heteroatoms. The summed E-state index contributed by atoms with van der Waals surface area (Å²) in [5.41, 5.74) is 12.3. The first kappa shape index (κ1) is 35.6. The minimum atomic E-state index is 0.595. The van der Waals surface area contributed by atoms with Gasteiger partial charge in [-0.05, 0) is 71.3 Å². The number of para-hydroxylation sites is 3.